The standard InChI is InChI=1S/C25H30N4O5S/c1-16-14-29(15-17(2)33-16)35(31,32)21-12-8-19(9-13-21)23(30)26-20-10-6-18(7-11-20)22-27-24(34-28-22)25(3,4)5/h6-13,16-17H,14-15H2,1-5H3,(H,26,30). The van der Waals surface area contributed by atoms with Crippen molar-refractivity contribution < 1.29 is 22.5 Å². The number of amides is 1. The van der Waals surface area contributed by atoms with Crippen molar-refractivity contribution in [2.75, 3.05) is 18.4 Å². The fraction of sp³-hybridized carbons (Fsp3) is 0.400. The number of hydrogen-bond donors (Lipinski definition) is 1. The highest BCUT2D eigenvalue weighted by Gasteiger charge is 2.32. The zero-order chi connectivity index (χ0) is 25.4. The number of morpholine rings is 1. The summed E-state index contributed by atoms with van der Waals surface area (Å²) in [6.07, 6.45) is -0.351. The van der Waals surface area contributed by atoms with Crippen molar-refractivity contribution in [3.63, 3.8) is 0 Å². The van der Waals surface area contributed by atoms with Crippen molar-refractivity contribution >= 4 is 21.6 Å². The van der Waals surface area contributed by atoms with E-state index >= 15 is 0 Å². The molecule has 2 unspecified atom stereocenters. The van der Waals surface area contributed by atoms with E-state index in [4.69, 9.17) is 9.26 Å². The Balaban J connectivity index is 1.43. The third-order valence-corrected chi connectivity index (χ3v) is 7.45. The van der Waals surface area contributed by atoms with Crippen molar-refractivity contribution in [2.24, 2.45) is 0 Å². The van der Waals surface area contributed by atoms with E-state index in [-0.39, 0.29) is 28.4 Å². The van der Waals surface area contributed by atoms with Crippen molar-refractivity contribution in [1.29, 1.82) is 0 Å². The number of nitrogens with one attached hydrogen (secondary N) is 1. The second kappa shape index (κ2) is 9.52. The van der Waals surface area contributed by atoms with Crippen molar-refractivity contribution in [3.05, 3.63) is 60.0 Å². The van der Waals surface area contributed by atoms with Crippen LogP contribution in [0.1, 0.15) is 50.9 Å². The topological polar surface area (TPSA) is 115 Å². The average molecular weight is 499 g/mol. The summed E-state index contributed by atoms with van der Waals surface area (Å²) >= 11 is 0. The van der Waals surface area contributed by atoms with Gasteiger partial charge in [-0.2, -0.15) is 9.29 Å². The largest absolute Gasteiger partial charge is 0.373 e. The minimum atomic E-state index is -3.67. The number of ether oxygens (including phenoxy) is 1. The zero-order valence-corrected chi connectivity index (χ0v) is 21.3. The molecule has 1 aliphatic rings. The Morgan fingerprint density at radius 1 is 1.00 bits per heavy atom. The lowest BCUT2D eigenvalue weighted by atomic mass is 9.97. The minimum Gasteiger partial charge on any atom is -0.373 e. The Labute approximate surface area is 205 Å². The van der Waals surface area contributed by atoms with Gasteiger partial charge in [0.15, 0.2) is 0 Å². The highest BCUT2D eigenvalue weighted by atomic mass is 32.2. The van der Waals surface area contributed by atoms with Gasteiger partial charge in [-0.1, -0.05) is 25.9 Å². The predicted octanol–water partition coefficient (Wildman–Crippen LogP) is 4.08. The summed E-state index contributed by atoms with van der Waals surface area (Å²) in [6.45, 7) is 10.3. The van der Waals surface area contributed by atoms with Crippen LogP contribution in [0.4, 0.5) is 5.69 Å². The van der Waals surface area contributed by atoms with Crippen molar-refractivity contribution in [2.45, 2.75) is 57.1 Å². The van der Waals surface area contributed by atoms with Gasteiger partial charge in [-0.25, -0.2) is 8.42 Å². The predicted molar refractivity (Wildman–Crippen MR) is 132 cm³/mol. The molecule has 1 fully saturated rings. The summed E-state index contributed by atoms with van der Waals surface area (Å²) < 4.78 is 38.4. The quantitative estimate of drug-likeness (QED) is 0.563. The number of aromatic nitrogens is 2. The molecule has 2 atom stereocenters. The Kier molecular flexibility index (Phi) is 6.81. The summed E-state index contributed by atoms with van der Waals surface area (Å²) in [5.41, 5.74) is 1.46. The Morgan fingerprint density at radius 3 is 2.14 bits per heavy atom. The Morgan fingerprint density at radius 2 is 1.60 bits per heavy atom. The summed E-state index contributed by atoms with van der Waals surface area (Å²) in [7, 11) is -3.67. The second-order valence-corrected chi connectivity index (χ2v) is 11.7. The SMILES string of the molecule is CC1CN(S(=O)(=O)c2ccc(C(=O)Nc3ccc(-c4noc(C(C)(C)C)n4)cc3)cc2)CC(C)O1. The number of hydrogen-bond acceptors (Lipinski definition) is 7. The molecule has 4 rings (SSSR count). The molecule has 9 nitrogen and oxygen atoms in total. The van der Waals surface area contributed by atoms with Gasteiger partial charge in [0.1, 0.15) is 0 Å². The van der Waals surface area contributed by atoms with Crippen LogP contribution < -0.4 is 5.32 Å². The molecule has 1 aliphatic heterocycles. The smallest absolute Gasteiger partial charge is 0.255 e. The first-order chi connectivity index (χ1) is 16.4. The van der Waals surface area contributed by atoms with Gasteiger partial charge in [0.05, 0.1) is 17.1 Å². The molecule has 35 heavy (non-hydrogen) atoms. The number of rotatable bonds is 5. The molecule has 0 bridgehead atoms. The molecule has 0 spiro atoms. The highest BCUT2D eigenvalue weighted by molar-refractivity contribution is 7.89. The van der Waals surface area contributed by atoms with Gasteiger partial charge in [0.2, 0.25) is 21.7 Å². The van der Waals surface area contributed by atoms with Crippen molar-refractivity contribution in [3.8, 4) is 11.4 Å². The van der Waals surface area contributed by atoms with Gasteiger partial charge in [-0.15, -0.1) is 0 Å². The fourth-order valence-corrected chi connectivity index (χ4v) is 5.40. The molecule has 0 saturated carbocycles. The Hall–Kier alpha value is -3.08. The van der Waals surface area contributed by atoms with Crippen LogP contribution in [0.25, 0.3) is 11.4 Å². The van der Waals surface area contributed by atoms with Gasteiger partial charge in [-0.05, 0) is 62.4 Å². The van der Waals surface area contributed by atoms with E-state index < -0.39 is 10.0 Å². The average Bonchev–Trinajstić information content (AvgIpc) is 3.30. The van der Waals surface area contributed by atoms with Crippen LogP contribution in [-0.4, -0.2) is 54.1 Å². The van der Waals surface area contributed by atoms with E-state index in [9.17, 15) is 13.2 Å². The lowest BCUT2D eigenvalue weighted by Crippen LogP contribution is -2.48. The van der Waals surface area contributed by atoms with Gasteiger partial charge in [0.25, 0.3) is 5.91 Å². The summed E-state index contributed by atoms with van der Waals surface area (Å²) in [6, 6.07) is 13.0. The van der Waals surface area contributed by atoms with E-state index in [1.54, 1.807) is 24.3 Å². The van der Waals surface area contributed by atoms with Crippen LogP contribution in [-0.2, 0) is 20.2 Å². The fourth-order valence-electron chi connectivity index (χ4n) is 3.81. The van der Waals surface area contributed by atoms with E-state index in [1.807, 2.05) is 34.6 Å². The first kappa shape index (κ1) is 25.0. The van der Waals surface area contributed by atoms with Crippen LogP contribution in [0.5, 0.6) is 0 Å². The maximum atomic E-state index is 13.0. The molecule has 3 aromatic rings. The molecule has 1 aromatic heterocycles. The normalized spacial score (nSPS) is 19.5. The third-order valence-electron chi connectivity index (χ3n) is 5.61. The van der Waals surface area contributed by atoms with E-state index in [1.165, 1.54) is 28.6 Å². The number of nitrogens with zero attached hydrogens (tertiary/aromatic N) is 3. The van der Waals surface area contributed by atoms with Gasteiger partial charge in [-0.3, -0.25) is 4.79 Å². The van der Waals surface area contributed by atoms with E-state index in [0.29, 0.717) is 36.1 Å². The number of benzene rings is 2. The maximum Gasteiger partial charge on any atom is 0.255 e. The van der Waals surface area contributed by atoms with Gasteiger partial charge in [0, 0.05) is 35.3 Å². The summed E-state index contributed by atoms with van der Waals surface area (Å²) in [4.78, 5) is 17.3. The molecule has 10 heteroatoms. The monoisotopic (exact) mass is 498 g/mol. The van der Waals surface area contributed by atoms with E-state index in [0.717, 1.165) is 5.56 Å². The van der Waals surface area contributed by atoms with Gasteiger partial charge < -0.3 is 14.6 Å². The number of carbonyl (C=O) groups is 1. The van der Waals surface area contributed by atoms with Crippen LogP contribution in [0.15, 0.2) is 57.9 Å². The number of carbonyl (C=O) groups excluding carboxylic acids is 1. The third kappa shape index (κ3) is 5.61. The molecular weight excluding hydrogens is 468 g/mol. The van der Waals surface area contributed by atoms with Gasteiger partial charge >= 0.3 is 0 Å². The van der Waals surface area contributed by atoms with E-state index in [2.05, 4.69) is 15.5 Å². The zero-order valence-electron chi connectivity index (χ0n) is 20.5. The summed E-state index contributed by atoms with van der Waals surface area (Å²) in [5.74, 6) is 0.687. The van der Waals surface area contributed by atoms with Crippen LogP contribution >= 0.6 is 0 Å². The molecule has 0 radical (unpaired) electrons. The lowest BCUT2D eigenvalue weighted by molar-refractivity contribution is -0.0440. The van der Waals surface area contributed by atoms with Crippen molar-refractivity contribution in [1.82, 2.24) is 14.4 Å². The summed E-state index contributed by atoms with van der Waals surface area (Å²) in [5, 5.41) is 6.85. The number of sulfonamides is 1. The first-order valence-corrected chi connectivity index (χ1v) is 12.9. The molecular formula is C25H30N4O5S. The van der Waals surface area contributed by atoms with Crippen LogP contribution in [0.3, 0.4) is 0 Å². The second-order valence-electron chi connectivity index (χ2n) is 9.81. The Bertz CT molecular complexity index is 1280. The molecule has 1 saturated heterocycles. The highest BCUT2D eigenvalue weighted by Crippen LogP contribution is 2.25. The number of anilines is 1. The molecule has 1 N–H and O–H groups in total. The molecule has 0 aliphatic carbocycles. The lowest BCUT2D eigenvalue weighted by Gasteiger charge is -2.34. The first-order valence-electron chi connectivity index (χ1n) is 11.4. The molecule has 186 valence electrons. The van der Waals surface area contributed by atoms with Crippen LogP contribution in [0.2, 0.25) is 0 Å². The molecule has 2 aromatic carbocycles. The maximum absolute atomic E-state index is 13.0. The molecule has 2 heterocycles. The van der Waals surface area contributed by atoms with Crippen LogP contribution in [0, 0.1) is 0 Å². The molecule has 1 amide bonds. The minimum absolute atomic E-state index is 0.148.